The minimum Gasteiger partial charge on any atom is -0.356 e. The normalized spacial score (nSPS) is 18.4. The number of rotatable bonds is 7. The Morgan fingerprint density at radius 1 is 1.29 bits per heavy atom. The van der Waals surface area contributed by atoms with E-state index in [1.165, 1.54) is 32.1 Å². The third-order valence-electron chi connectivity index (χ3n) is 4.70. The highest BCUT2D eigenvalue weighted by molar-refractivity contribution is 5.79. The van der Waals surface area contributed by atoms with Crippen molar-refractivity contribution in [1.29, 1.82) is 0 Å². The molecule has 0 bridgehead atoms. The maximum absolute atomic E-state index is 12.2. The number of benzene rings is 1. The number of hydrogen-bond acceptors (Lipinski definition) is 2. The molecular weight excluding hydrogens is 260 g/mol. The summed E-state index contributed by atoms with van der Waals surface area (Å²) in [5.74, 6) is 0.766. The molecule has 3 nitrogen and oxygen atoms in total. The van der Waals surface area contributed by atoms with Crippen LogP contribution >= 0.6 is 0 Å². The van der Waals surface area contributed by atoms with Crippen LogP contribution in [-0.2, 0) is 4.79 Å². The summed E-state index contributed by atoms with van der Waals surface area (Å²) in [6.07, 6.45) is 7.87. The Bertz CT molecular complexity index is 426. The largest absolute Gasteiger partial charge is 0.356 e. The third kappa shape index (κ3) is 4.85. The molecule has 0 saturated heterocycles. The second-order valence-electron chi connectivity index (χ2n) is 6.31. The second-order valence-corrected chi connectivity index (χ2v) is 6.31. The molecule has 2 atom stereocenters. The molecule has 21 heavy (non-hydrogen) atoms. The molecule has 2 rings (SSSR count). The summed E-state index contributed by atoms with van der Waals surface area (Å²) in [5, 5.41) is 3.04. The van der Waals surface area contributed by atoms with Crippen LogP contribution in [0.3, 0.4) is 0 Å². The summed E-state index contributed by atoms with van der Waals surface area (Å²) < 4.78 is 0. The van der Waals surface area contributed by atoms with Gasteiger partial charge in [0.2, 0.25) is 5.91 Å². The average molecular weight is 288 g/mol. The maximum atomic E-state index is 12.2. The summed E-state index contributed by atoms with van der Waals surface area (Å²) in [6.45, 7) is 2.69. The number of carbonyl (C=O) groups is 1. The van der Waals surface area contributed by atoms with E-state index in [1.807, 2.05) is 37.3 Å². The van der Waals surface area contributed by atoms with E-state index >= 15 is 0 Å². The van der Waals surface area contributed by atoms with E-state index in [2.05, 4.69) is 5.32 Å². The van der Waals surface area contributed by atoms with Crippen molar-refractivity contribution in [3.8, 4) is 0 Å². The van der Waals surface area contributed by atoms with Crippen LogP contribution in [0.15, 0.2) is 30.3 Å². The lowest BCUT2D eigenvalue weighted by molar-refractivity contribution is -0.125. The molecule has 1 aromatic rings. The first kappa shape index (κ1) is 16.0. The summed E-state index contributed by atoms with van der Waals surface area (Å²) in [5.41, 5.74) is 7.20. The Balaban J connectivity index is 1.69. The zero-order valence-corrected chi connectivity index (χ0v) is 13.1. The van der Waals surface area contributed by atoms with Gasteiger partial charge in [0.1, 0.15) is 0 Å². The van der Waals surface area contributed by atoms with Crippen LogP contribution in [-0.4, -0.2) is 12.5 Å². The standard InChI is InChI=1S/C18H28N2O/c1-14(17(19)16-11-3-2-4-12-16)18(21)20-13-7-10-15-8-5-6-9-15/h2-4,11-12,14-15,17H,5-10,13,19H2,1H3,(H,20,21). The van der Waals surface area contributed by atoms with E-state index < -0.39 is 0 Å². The predicted molar refractivity (Wildman–Crippen MR) is 86.7 cm³/mol. The van der Waals surface area contributed by atoms with Gasteiger partial charge in [-0.15, -0.1) is 0 Å². The molecule has 1 aliphatic carbocycles. The minimum absolute atomic E-state index is 0.0674. The lowest BCUT2D eigenvalue weighted by atomic mass is 9.94. The van der Waals surface area contributed by atoms with Gasteiger partial charge in [0.15, 0.2) is 0 Å². The lowest BCUT2D eigenvalue weighted by Gasteiger charge is -2.20. The van der Waals surface area contributed by atoms with Crippen molar-refractivity contribution in [3.05, 3.63) is 35.9 Å². The highest BCUT2D eigenvalue weighted by Gasteiger charge is 2.21. The number of amides is 1. The predicted octanol–water partition coefficient (Wildman–Crippen LogP) is 3.41. The first-order valence-corrected chi connectivity index (χ1v) is 8.26. The van der Waals surface area contributed by atoms with Crippen LogP contribution in [0.5, 0.6) is 0 Å². The van der Waals surface area contributed by atoms with E-state index in [9.17, 15) is 4.79 Å². The highest BCUT2D eigenvalue weighted by atomic mass is 16.1. The fourth-order valence-corrected chi connectivity index (χ4v) is 3.19. The van der Waals surface area contributed by atoms with Gasteiger partial charge < -0.3 is 11.1 Å². The quantitative estimate of drug-likeness (QED) is 0.755. The smallest absolute Gasteiger partial charge is 0.224 e. The van der Waals surface area contributed by atoms with Crippen molar-refractivity contribution in [2.75, 3.05) is 6.54 Å². The lowest BCUT2D eigenvalue weighted by Crippen LogP contribution is -2.36. The molecule has 0 aromatic heterocycles. The molecule has 3 heteroatoms. The first-order valence-electron chi connectivity index (χ1n) is 8.26. The van der Waals surface area contributed by atoms with Crippen molar-refractivity contribution in [3.63, 3.8) is 0 Å². The van der Waals surface area contributed by atoms with Gasteiger partial charge in [0, 0.05) is 12.6 Å². The van der Waals surface area contributed by atoms with Crippen molar-refractivity contribution in [1.82, 2.24) is 5.32 Å². The van der Waals surface area contributed by atoms with Crippen LogP contribution in [0, 0.1) is 11.8 Å². The average Bonchev–Trinajstić information content (AvgIpc) is 3.04. The number of nitrogens with two attached hydrogens (primary N) is 1. The van der Waals surface area contributed by atoms with Crippen LogP contribution in [0.25, 0.3) is 0 Å². The van der Waals surface area contributed by atoms with Gasteiger partial charge in [-0.25, -0.2) is 0 Å². The Hall–Kier alpha value is -1.35. The van der Waals surface area contributed by atoms with Crippen molar-refractivity contribution in [2.24, 2.45) is 17.6 Å². The molecule has 0 aliphatic heterocycles. The molecular formula is C18H28N2O. The first-order chi connectivity index (χ1) is 10.2. The molecule has 3 N–H and O–H groups in total. The van der Waals surface area contributed by atoms with Crippen LogP contribution in [0.1, 0.15) is 57.1 Å². The van der Waals surface area contributed by atoms with E-state index in [0.29, 0.717) is 0 Å². The summed E-state index contributed by atoms with van der Waals surface area (Å²) in [7, 11) is 0. The molecule has 0 heterocycles. The topological polar surface area (TPSA) is 55.1 Å². The second kappa shape index (κ2) is 8.18. The van der Waals surface area contributed by atoms with Gasteiger partial charge in [-0.3, -0.25) is 4.79 Å². The Kier molecular flexibility index (Phi) is 6.24. The van der Waals surface area contributed by atoms with Gasteiger partial charge in [-0.05, 0) is 24.3 Å². The number of hydrogen-bond donors (Lipinski definition) is 2. The fourth-order valence-electron chi connectivity index (χ4n) is 3.19. The van der Waals surface area contributed by atoms with Crippen molar-refractivity contribution in [2.45, 2.75) is 51.5 Å². The zero-order valence-electron chi connectivity index (χ0n) is 13.1. The molecule has 1 fully saturated rings. The van der Waals surface area contributed by atoms with Gasteiger partial charge in [0.05, 0.1) is 5.92 Å². The SMILES string of the molecule is CC(C(=O)NCCCC1CCCC1)C(N)c1ccccc1. The van der Waals surface area contributed by atoms with Gasteiger partial charge in [-0.1, -0.05) is 62.9 Å². The summed E-state index contributed by atoms with van der Waals surface area (Å²) >= 11 is 0. The van der Waals surface area contributed by atoms with E-state index in [-0.39, 0.29) is 17.9 Å². The Labute approximate surface area is 128 Å². The van der Waals surface area contributed by atoms with E-state index in [4.69, 9.17) is 5.73 Å². The molecule has 1 saturated carbocycles. The number of nitrogens with one attached hydrogen (secondary N) is 1. The highest BCUT2D eigenvalue weighted by Crippen LogP contribution is 2.28. The monoisotopic (exact) mass is 288 g/mol. The summed E-state index contributed by atoms with van der Waals surface area (Å²) in [6, 6.07) is 9.61. The van der Waals surface area contributed by atoms with E-state index in [0.717, 1.165) is 24.4 Å². The van der Waals surface area contributed by atoms with Gasteiger partial charge >= 0.3 is 0 Å². The molecule has 1 amide bonds. The van der Waals surface area contributed by atoms with Gasteiger partial charge in [-0.2, -0.15) is 0 Å². The zero-order chi connectivity index (χ0) is 15.1. The molecule has 1 aromatic carbocycles. The Morgan fingerprint density at radius 2 is 1.95 bits per heavy atom. The van der Waals surface area contributed by atoms with E-state index in [1.54, 1.807) is 0 Å². The summed E-state index contributed by atoms with van der Waals surface area (Å²) in [4.78, 5) is 12.2. The molecule has 1 aliphatic rings. The minimum atomic E-state index is -0.235. The molecule has 0 radical (unpaired) electrons. The fraction of sp³-hybridized carbons (Fsp3) is 0.611. The van der Waals surface area contributed by atoms with Crippen LogP contribution < -0.4 is 11.1 Å². The van der Waals surface area contributed by atoms with Gasteiger partial charge in [0.25, 0.3) is 0 Å². The molecule has 0 spiro atoms. The molecule has 116 valence electrons. The van der Waals surface area contributed by atoms with Crippen LogP contribution in [0.2, 0.25) is 0 Å². The maximum Gasteiger partial charge on any atom is 0.224 e. The number of carbonyl (C=O) groups excluding carboxylic acids is 1. The van der Waals surface area contributed by atoms with Crippen LogP contribution in [0.4, 0.5) is 0 Å². The third-order valence-corrected chi connectivity index (χ3v) is 4.70. The molecule has 2 unspecified atom stereocenters. The van der Waals surface area contributed by atoms with Crippen molar-refractivity contribution < 1.29 is 4.79 Å². The van der Waals surface area contributed by atoms with Crippen molar-refractivity contribution >= 4 is 5.91 Å². The Morgan fingerprint density at radius 3 is 2.62 bits per heavy atom.